The van der Waals surface area contributed by atoms with Gasteiger partial charge >= 0.3 is 0 Å². The first kappa shape index (κ1) is 19.3. The van der Waals surface area contributed by atoms with Gasteiger partial charge in [0, 0.05) is 29.6 Å². The Labute approximate surface area is 170 Å². The fraction of sp³-hybridized carbons (Fsp3) is 0.348. The summed E-state index contributed by atoms with van der Waals surface area (Å²) in [6.07, 6.45) is 4.46. The van der Waals surface area contributed by atoms with Crippen LogP contribution < -0.4 is 5.32 Å². The van der Waals surface area contributed by atoms with E-state index in [2.05, 4.69) is 21.5 Å². The van der Waals surface area contributed by atoms with Gasteiger partial charge in [-0.3, -0.25) is 14.5 Å². The third kappa shape index (κ3) is 4.71. The quantitative estimate of drug-likeness (QED) is 0.703. The van der Waals surface area contributed by atoms with Crippen molar-refractivity contribution in [2.24, 2.45) is 5.92 Å². The predicted octanol–water partition coefficient (Wildman–Crippen LogP) is 2.93. The highest BCUT2D eigenvalue weighted by atomic mass is 16.5. The highest BCUT2D eigenvalue weighted by molar-refractivity contribution is 5.94. The minimum absolute atomic E-state index is 0.00957. The molecular weight excluding hydrogens is 364 g/mol. The molecule has 0 unspecified atom stereocenters. The maximum Gasteiger partial charge on any atom is 0.251 e. The van der Waals surface area contributed by atoms with E-state index < -0.39 is 0 Å². The molecule has 1 fully saturated rings. The van der Waals surface area contributed by atoms with Gasteiger partial charge in [0.05, 0.1) is 31.5 Å². The van der Waals surface area contributed by atoms with Crippen LogP contribution in [0.15, 0.2) is 54.9 Å². The van der Waals surface area contributed by atoms with E-state index in [9.17, 15) is 4.79 Å². The van der Waals surface area contributed by atoms with Crippen LogP contribution in [0.2, 0.25) is 0 Å². The zero-order chi connectivity index (χ0) is 20.2. The van der Waals surface area contributed by atoms with Crippen LogP contribution in [0.3, 0.4) is 0 Å². The standard InChI is InChI=1S/C23H26N4O2/c1-16-10-17(2)27(26-16)13-19-4-3-5-20(12-19)23(28)25-22-15-29-14-21(22)11-18-6-8-24-9-7-18/h3-10,12,21-22H,11,13-15H2,1-2H3,(H,25,28)/t21-,22+/m1/s1. The van der Waals surface area contributed by atoms with Crippen molar-refractivity contribution in [3.63, 3.8) is 0 Å². The van der Waals surface area contributed by atoms with Gasteiger partial charge in [-0.2, -0.15) is 5.10 Å². The molecular formula is C23H26N4O2. The monoisotopic (exact) mass is 390 g/mol. The van der Waals surface area contributed by atoms with E-state index in [1.165, 1.54) is 5.56 Å². The fourth-order valence-electron chi connectivity index (χ4n) is 3.85. The Morgan fingerprint density at radius 3 is 2.72 bits per heavy atom. The Hall–Kier alpha value is -2.99. The lowest BCUT2D eigenvalue weighted by atomic mass is 9.95. The van der Waals surface area contributed by atoms with Gasteiger partial charge in [-0.25, -0.2) is 0 Å². The van der Waals surface area contributed by atoms with Crippen LogP contribution in [-0.4, -0.2) is 39.9 Å². The summed E-state index contributed by atoms with van der Waals surface area (Å²) >= 11 is 0. The summed E-state index contributed by atoms with van der Waals surface area (Å²) in [5.74, 6) is 0.203. The van der Waals surface area contributed by atoms with E-state index in [1.54, 1.807) is 12.4 Å². The molecule has 1 aliphatic rings. The van der Waals surface area contributed by atoms with Gasteiger partial charge in [-0.05, 0) is 61.7 Å². The summed E-state index contributed by atoms with van der Waals surface area (Å²) in [5, 5.41) is 7.68. The van der Waals surface area contributed by atoms with Crippen molar-refractivity contribution in [1.29, 1.82) is 0 Å². The smallest absolute Gasteiger partial charge is 0.251 e. The van der Waals surface area contributed by atoms with Crippen LogP contribution in [0.25, 0.3) is 0 Å². The number of ether oxygens (including phenoxy) is 1. The van der Waals surface area contributed by atoms with Crippen molar-refractivity contribution in [1.82, 2.24) is 20.1 Å². The number of carbonyl (C=O) groups is 1. The first-order chi connectivity index (χ1) is 14.1. The molecule has 1 aliphatic heterocycles. The SMILES string of the molecule is Cc1cc(C)n(Cc2cccc(C(=O)N[C@H]3COC[C@H]3Cc3ccncc3)c2)n1. The van der Waals surface area contributed by atoms with E-state index in [4.69, 9.17) is 4.74 Å². The highest BCUT2D eigenvalue weighted by Gasteiger charge is 2.30. The van der Waals surface area contributed by atoms with Crippen LogP contribution >= 0.6 is 0 Å². The molecule has 2 atom stereocenters. The zero-order valence-electron chi connectivity index (χ0n) is 16.8. The second-order valence-electron chi connectivity index (χ2n) is 7.72. The van der Waals surface area contributed by atoms with Crippen molar-refractivity contribution in [3.05, 3.63) is 82.9 Å². The number of carbonyl (C=O) groups excluding carboxylic acids is 1. The molecule has 0 bridgehead atoms. The molecule has 150 valence electrons. The number of aryl methyl sites for hydroxylation is 2. The summed E-state index contributed by atoms with van der Waals surface area (Å²) in [5.41, 5.74) is 5.04. The Kier molecular flexibility index (Phi) is 5.71. The maximum atomic E-state index is 12.9. The van der Waals surface area contributed by atoms with E-state index in [-0.39, 0.29) is 17.9 Å². The molecule has 2 aromatic heterocycles. The number of aromatic nitrogens is 3. The Morgan fingerprint density at radius 1 is 1.14 bits per heavy atom. The van der Waals surface area contributed by atoms with Crippen molar-refractivity contribution >= 4 is 5.91 Å². The van der Waals surface area contributed by atoms with Gasteiger partial charge in [0.1, 0.15) is 0 Å². The molecule has 29 heavy (non-hydrogen) atoms. The third-order valence-electron chi connectivity index (χ3n) is 5.39. The lowest BCUT2D eigenvalue weighted by molar-refractivity contribution is 0.0925. The lowest BCUT2D eigenvalue weighted by Crippen LogP contribution is -2.40. The second-order valence-corrected chi connectivity index (χ2v) is 7.72. The lowest BCUT2D eigenvalue weighted by Gasteiger charge is -2.19. The van der Waals surface area contributed by atoms with Gasteiger partial charge in [0.2, 0.25) is 0 Å². The Balaban J connectivity index is 1.42. The molecule has 1 aromatic carbocycles. The van der Waals surface area contributed by atoms with Crippen LogP contribution in [-0.2, 0) is 17.7 Å². The van der Waals surface area contributed by atoms with Crippen molar-refractivity contribution in [2.75, 3.05) is 13.2 Å². The van der Waals surface area contributed by atoms with E-state index in [0.717, 1.165) is 23.4 Å². The van der Waals surface area contributed by atoms with Gasteiger partial charge in [-0.1, -0.05) is 12.1 Å². The summed E-state index contributed by atoms with van der Waals surface area (Å²) in [6.45, 7) is 5.88. The minimum atomic E-state index is -0.0598. The molecule has 0 radical (unpaired) electrons. The molecule has 1 amide bonds. The minimum Gasteiger partial charge on any atom is -0.379 e. The number of hydrogen-bond donors (Lipinski definition) is 1. The Morgan fingerprint density at radius 2 is 1.97 bits per heavy atom. The summed E-state index contributed by atoms with van der Waals surface area (Å²) < 4.78 is 7.62. The summed E-state index contributed by atoms with van der Waals surface area (Å²) in [6, 6.07) is 13.8. The molecule has 1 N–H and O–H groups in total. The van der Waals surface area contributed by atoms with Crippen molar-refractivity contribution in [3.8, 4) is 0 Å². The average Bonchev–Trinajstić information content (AvgIpc) is 3.28. The zero-order valence-corrected chi connectivity index (χ0v) is 16.8. The second kappa shape index (κ2) is 8.57. The van der Waals surface area contributed by atoms with Gasteiger partial charge in [0.15, 0.2) is 0 Å². The number of nitrogens with zero attached hydrogens (tertiary/aromatic N) is 3. The van der Waals surface area contributed by atoms with E-state index >= 15 is 0 Å². The molecule has 6 nitrogen and oxygen atoms in total. The first-order valence-electron chi connectivity index (χ1n) is 9.96. The molecule has 6 heteroatoms. The maximum absolute atomic E-state index is 12.9. The number of amides is 1. The predicted molar refractivity (Wildman–Crippen MR) is 111 cm³/mol. The Bertz CT molecular complexity index is 984. The average molecular weight is 390 g/mol. The number of benzene rings is 1. The van der Waals surface area contributed by atoms with E-state index in [1.807, 2.05) is 54.9 Å². The summed E-state index contributed by atoms with van der Waals surface area (Å²) in [4.78, 5) is 16.9. The van der Waals surface area contributed by atoms with Gasteiger partial charge < -0.3 is 10.1 Å². The fourth-order valence-corrected chi connectivity index (χ4v) is 3.85. The van der Waals surface area contributed by atoms with Crippen molar-refractivity contribution < 1.29 is 9.53 Å². The van der Waals surface area contributed by atoms with Crippen LogP contribution in [0.5, 0.6) is 0 Å². The largest absolute Gasteiger partial charge is 0.379 e. The van der Waals surface area contributed by atoms with Crippen LogP contribution in [0.4, 0.5) is 0 Å². The van der Waals surface area contributed by atoms with Gasteiger partial charge in [0.25, 0.3) is 5.91 Å². The molecule has 3 heterocycles. The van der Waals surface area contributed by atoms with Crippen molar-refractivity contribution in [2.45, 2.75) is 32.9 Å². The van der Waals surface area contributed by atoms with E-state index in [0.29, 0.717) is 25.3 Å². The third-order valence-corrected chi connectivity index (χ3v) is 5.39. The number of pyridine rings is 1. The molecule has 0 aliphatic carbocycles. The molecule has 0 spiro atoms. The normalized spacial score (nSPS) is 18.7. The summed E-state index contributed by atoms with van der Waals surface area (Å²) in [7, 11) is 0. The first-order valence-corrected chi connectivity index (χ1v) is 9.96. The van der Waals surface area contributed by atoms with Gasteiger partial charge in [-0.15, -0.1) is 0 Å². The highest BCUT2D eigenvalue weighted by Crippen LogP contribution is 2.20. The number of hydrogen-bond acceptors (Lipinski definition) is 4. The molecule has 0 saturated carbocycles. The number of nitrogens with one attached hydrogen (secondary N) is 1. The molecule has 3 aromatic rings. The molecule has 4 rings (SSSR count). The topological polar surface area (TPSA) is 69.0 Å². The van der Waals surface area contributed by atoms with Crippen LogP contribution in [0, 0.1) is 19.8 Å². The number of rotatable bonds is 6. The van der Waals surface area contributed by atoms with Crippen LogP contribution in [0.1, 0.15) is 32.9 Å². The molecule has 1 saturated heterocycles.